The quantitative estimate of drug-likeness (QED) is 0.118. The predicted molar refractivity (Wildman–Crippen MR) is 163 cm³/mol. The van der Waals surface area contributed by atoms with Crippen molar-refractivity contribution >= 4 is 17.8 Å². The predicted octanol–water partition coefficient (Wildman–Crippen LogP) is 5.72. The Morgan fingerprint density at radius 3 is 2.51 bits per heavy atom. The molecule has 4 N–H and O–H groups in total. The van der Waals surface area contributed by atoms with Crippen LogP contribution >= 0.6 is 0 Å². The van der Waals surface area contributed by atoms with Crippen LogP contribution < -0.4 is 15.9 Å². The van der Waals surface area contributed by atoms with Crippen LogP contribution in [0.5, 0.6) is 5.75 Å². The molecule has 220 valence electrons. The first-order valence-electron chi connectivity index (χ1n) is 13.7. The van der Waals surface area contributed by atoms with Crippen molar-refractivity contribution in [3.8, 4) is 5.75 Å². The molecular formula is C32H43N5O4. The van der Waals surface area contributed by atoms with Gasteiger partial charge in [0.1, 0.15) is 18.2 Å². The number of hydrogen-bond acceptors (Lipinski definition) is 6. The van der Waals surface area contributed by atoms with Crippen LogP contribution in [-0.2, 0) is 24.3 Å². The minimum Gasteiger partial charge on any atom is -0.496 e. The second-order valence-electron chi connectivity index (χ2n) is 9.57. The Morgan fingerprint density at radius 1 is 1.20 bits per heavy atom. The molecule has 0 saturated carbocycles. The third kappa shape index (κ3) is 9.36. The summed E-state index contributed by atoms with van der Waals surface area (Å²) in [6, 6.07) is 13.1. The van der Waals surface area contributed by atoms with Crippen molar-refractivity contribution in [3.05, 3.63) is 101 Å². The topological polar surface area (TPSA) is 121 Å². The lowest BCUT2D eigenvalue weighted by Gasteiger charge is -2.29. The average molecular weight is 562 g/mol. The van der Waals surface area contributed by atoms with Gasteiger partial charge in [0.25, 0.3) is 5.91 Å². The average Bonchev–Trinajstić information content (AvgIpc) is 2.99. The fourth-order valence-corrected chi connectivity index (χ4v) is 4.00. The highest BCUT2D eigenvalue weighted by Crippen LogP contribution is 2.28. The smallest absolute Gasteiger partial charge is 0.410 e. The first-order chi connectivity index (χ1) is 19.6. The molecule has 1 aliphatic rings. The summed E-state index contributed by atoms with van der Waals surface area (Å²) in [7, 11) is 1.52. The Bertz CT molecular complexity index is 1280. The van der Waals surface area contributed by atoms with Crippen LogP contribution in [0.25, 0.3) is 0 Å². The molecular weight excluding hydrogens is 518 g/mol. The molecule has 0 bridgehead atoms. The van der Waals surface area contributed by atoms with Crippen LogP contribution in [0.2, 0.25) is 0 Å². The Labute approximate surface area is 243 Å². The standard InChI is InChI=1S/C30H37N5O4.C2H6/c1-20(2)35(32)28(31)21(3)10-9-11-22(4)33-29(36)26-16-25-18-34(15-14-24(25)17-27(26)38-5)30(37)39-19-23-12-7-6-8-13-23;1-2/h6-13,16-17,20,31H,4,14-15,18-19,32H2,1-3,5H3,(H,33,36);1-2H3/b11-9-,21-10+,31-28?;. The Hall–Kier alpha value is -4.37. The zero-order valence-corrected chi connectivity index (χ0v) is 25.0. The molecule has 0 saturated heterocycles. The zero-order valence-electron chi connectivity index (χ0n) is 25.0. The van der Waals surface area contributed by atoms with Crippen molar-refractivity contribution in [2.45, 2.75) is 60.2 Å². The normalized spacial score (nSPS) is 12.7. The molecule has 2 aromatic rings. The highest BCUT2D eigenvalue weighted by molar-refractivity contribution is 5.98. The van der Waals surface area contributed by atoms with Gasteiger partial charge in [-0.05, 0) is 67.7 Å². The van der Waals surface area contributed by atoms with E-state index < -0.39 is 6.09 Å². The van der Waals surface area contributed by atoms with Gasteiger partial charge in [-0.15, -0.1) is 0 Å². The van der Waals surface area contributed by atoms with Gasteiger partial charge in [-0.3, -0.25) is 15.2 Å². The van der Waals surface area contributed by atoms with E-state index in [1.807, 2.05) is 64.1 Å². The lowest BCUT2D eigenvalue weighted by Crippen LogP contribution is -2.42. The number of carbonyl (C=O) groups excluding carboxylic acids is 2. The molecule has 0 aliphatic carbocycles. The number of hydrogen-bond donors (Lipinski definition) is 3. The third-order valence-corrected chi connectivity index (χ3v) is 6.35. The minimum absolute atomic E-state index is 0.00213. The number of benzene rings is 2. The van der Waals surface area contributed by atoms with Gasteiger partial charge in [-0.25, -0.2) is 10.6 Å². The maximum absolute atomic E-state index is 13.1. The Morgan fingerprint density at radius 2 is 1.88 bits per heavy atom. The number of nitrogens with one attached hydrogen (secondary N) is 2. The van der Waals surface area contributed by atoms with Gasteiger partial charge in [-0.1, -0.05) is 62.9 Å². The molecule has 2 amide bonds. The van der Waals surface area contributed by atoms with Crippen LogP contribution in [0.1, 0.15) is 61.7 Å². The third-order valence-electron chi connectivity index (χ3n) is 6.35. The first-order valence-corrected chi connectivity index (χ1v) is 13.7. The van der Waals surface area contributed by atoms with Crippen molar-refractivity contribution in [1.29, 1.82) is 5.41 Å². The molecule has 1 aliphatic heterocycles. The van der Waals surface area contributed by atoms with E-state index in [2.05, 4.69) is 11.9 Å². The van der Waals surface area contributed by atoms with E-state index in [0.717, 1.165) is 16.7 Å². The first kappa shape index (κ1) is 32.8. The SMILES string of the molecule is C=C(/C=C\C=C(/C)C(=N)N(N)C(C)C)NC(=O)c1cc2c(cc1OC)CCN(C(=O)OCc1ccccc1)C2.CC. The summed E-state index contributed by atoms with van der Waals surface area (Å²) < 4.78 is 11.0. The monoisotopic (exact) mass is 561 g/mol. The molecule has 0 radical (unpaired) electrons. The Kier molecular flexibility index (Phi) is 12.8. The minimum atomic E-state index is -0.396. The molecule has 3 rings (SSSR count). The van der Waals surface area contributed by atoms with Gasteiger partial charge in [0, 0.05) is 24.8 Å². The summed E-state index contributed by atoms with van der Waals surface area (Å²) in [6.07, 6.45) is 5.30. The second kappa shape index (κ2) is 16.0. The summed E-state index contributed by atoms with van der Waals surface area (Å²) in [5.41, 5.74) is 4.18. The number of ether oxygens (including phenoxy) is 2. The molecule has 9 heteroatoms. The van der Waals surface area contributed by atoms with Gasteiger partial charge >= 0.3 is 6.09 Å². The van der Waals surface area contributed by atoms with Gasteiger partial charge in [0.05, 0.1) is 12.7 Å². The maximum Gasteiger partial charge on any atom is 0.410 e. The van der Waals surface area contributed by atoms with Crippen LogP contribution in [0, 0.1) is 5.41 Å². The van der Waals surface area contributed by atoms with Gasteiger partial charge in [0.2, 0.25) is 0 Å². The molecule has 0 fully saturated rings. The zero-order chi connectivity index (χ0) is 30.5. The highest BCUT2D eigenvalue weighted by Gasteiger charge is 2.25. The van der Waals surface area contributed by atoms with Gasteiger partial charge < -0.3 is 19.7 Å². The van der Waals surface area contributed by atoms with Crippen LogP contribution in [0.15, 0.2) is 78.5 Å². The lowest BCUT2D eigenvalue weighted by atomic mass is 9.96. The number of nitrogens with two attached hydrogens (primary N) is 1. The molecule has 0 spiro atoms. The molecule has 1 heterocycles. The lowest BCUT2D eigenvalue weighted by molar-refractivity contribution is 0.0918. The van der Waals surface area contributed by atoms with E-state index in [4.69, 9.17) is 20.7 Å². The summed E-state index contributed by atoms with van der Waals surface area (Å²) in [4.78, 5) is 27.4. The summed E-state index contributed by atoms with van der Waals surface area (Å²) in [5.74, 6) is 6.17. The van der Waals surface area contributed by atoms with E-state index in [0.29, 0.717) is 42.1 Å². The van der Waals surface area contributed by atoms with Gasteiger partial charge in [-0.2, -0.15) is 0 Å². The van der Waals surface area contributed by atoms with Crippen molar-refractivity contribution in [2.24, 2.45) is 5.84 Å². The number of amides is 2. The largest absolute Gasteiger partial charge is 0.496 e. The number of carbonyl (C=O) groups is 2. The fraction of sp³-hybridized carbons (Fsp3) is 0.344. The van der Waals surface area contributed by atoms with Crippen molar-refractivity contribution < 1.29 is 19.1 Å². The van der Waals surface area contributed by atoms with Crippen LogP contribution in [-0.4, -0.2) is 47.4 Å². The second-order valence-corrected chi connectivity index (χ2v) is 9.57. The maximum atomic E-state index is 13.1. The molecule has 2 aromatic carbocycles. The Balaban J connectivity index is 0.00000287. The number of fused-ring (bicyclic) bond motifs is 1. The molecule has 9 nitrogen and oxygen atoms in total. The van der Waals surface area contributed by atoms with Crippen LogP contribution in [0.4, 0.5) is 4.79 Å². The van der Waals surface area contributed by atoms with Crippen LogP contribution in [0.3, 0.4) is 0 Å². The number of methoxy groups -OCH3 is 1. The number of rotatable bonds is 9. The highest BCUT2D eigenvalue weighted by atomic mass is 16.6. The molecule has 0 aromatic heterocycles. The summed E-state index contributed by atoms with van der Waals surface area (Å²) in [6.45, 7) is 14.5. The number of allylic oxidation sites excluding steroid dienone is 3. The number of hydrazine groups is 1. The van der Waals surface area contributed by atoms with E-state index in [1.165, 1.54) is 12.1 Å². The fourth-order valence-electron chi connectivity index (χ4n) is 4.00. The molecule has 0 atom stereocenters. The number of amidine groups is 1. The van der Waals surface area contributed by atoms with Crippen molar-refractivity contribution in [1.82, 2.24) is 15.2 Å². The van der Waals surface area contributed by atoms with Gasteiger partial charge in [0.15, 0.2) is 0 Å². The molecule has 0 unspecified atom stereocenters. The van der Waals surface area contributed by atoms with Crippen molar-refractivity contribution in [3.63, 3.8) is 0 Å². The van der Waals surface area contributed by atoms with E-state index >= 15 is 0 Å². The molecule has 41 heavy (non-hydrogen) atoms. The van der Waals surface area contributed by atoms with E-state index in [9.17, 15) is 9.59 Å². The van der Waals surface area contributed by atoms with Crippen molar-refractivity contribution in [2.75, 3.05) is 13.7 Å². The number of nitrogens with zero attached hydrogens (tertiary/aromatic N) is 2. The van der Waals surface area contributed by atoms with E-state index in [1.54, 1.807) is 36.1 Å². The van der Waals surface area contributed by atoms with E-state index in [-0.39, 0.29) is 24.4 Å². The summed E-state index contributed by atoms with van der Waals surface area (Å²) in [5, 5.41) is 12.3. The summed E-state index contributed by atoms with van der Waals surface area (Å²) >= 11 is 0.